The van der Waals surface area contributed by atoms with Gasteiger partial charge in [0.2, 0.25) is 11.8 Å². The molecule has 36 heavy (non-hydrogen) atoms. The van der Waals surface area contributed by atoms with Gasteiger partial charge in [-0.15, -0.1) is 0 Å². The molecule has 8 heteroatoms. The van der Waals surface area contributed by atoms with Crippen molar-refractivity contribution in [3.8, 4) is 11.6 Å². The van der Waals surface area contributed by atoms with Crippen LogP contribution >= 0.6 is 0 Å². The van der Waals surface area contributed by atoms with Crippen LogP contribution in [-0.4, -0.2) is 84.2 Å². The predicted octanol–water partition coefficient (Wildman–Crippen LogP) is 3.83. The third-order valence-corrected chi connectivity index (χ3v) is 7.28. The van der Waals surface area contributed by atoms with Gasteiger partial charge in [-0.05, 0) is 48.3 Å². The summed E-state index contributed by atoms with van der Waals surface area (Å²) < 4.78 is 11.9. The van der Waals surface area contributed by atoms with Gasteiger partial charge >= 0.3 is 0 Å². The van der Waals surface area contributed by atoms with Crippen molar-refractivity contribution in [2.45, 2.75) is 19.4 Å². The second kappa shape index (κ2) is 10.2. The zero-order valence-corrected chi connectivity index (χ0v) is 20.4. The Labute approximate surface area is 210 Å². The van der Waals surface area contributed by atoms with Crippen molar-refractivity contribution < 1.29 is 13.9 Å². The highest BCUT2D eigenvalue weighted by molar-refractivity contribution is 5.89. The molecule has 3 aromatic rings. The van der Waals surface area contributed by atoms with E-state index in [2.05, 4.69) is 25.8 Å². The fourth-order valence-electron chi connectivity index (χ4n) is 5.14. The van der Waals surface area contributed by atoms with Gasteiger partial charge in [-0.2, -0.15) is 0 Å². The molecule has 0 saturated carbocycles. The molecule has 5 heterocycles. The van der Waals surface area contributed by atoms with Crippen LogP contribution < -0.4 is 4.74 Å². The van der Waals surface area contributed by atoms with Crippen molar-refractivity contribution in [3.05, 3.63) is 60.0 Å². The maximum absolute atomic E-state index is 12.4. The number of aliphatic imine (C=N–C) groups is 1. The highest BCUT2D eigenvalue weighted by Gasteiger charge is 2.24. The molecule has 0 unspecified atom stereocenters. The first-order valence-electron chi connectivity index (χ1n) is 12.8. The summed E-state index contributed by atoms with van der Waals surface area (Å²) in [4.78, 5) is 27.8. The number of hydrogen-bond acceptors (Lipinski definition) is 7. The van der Waals surface area contributed by atoms with E-state index in [1.807, 2.05) is 53.9 Å². The Bertz CT molecular complexity index is 1280. The topological polar surface area (TPSA) is 74.4 Å². The summed E-state index contributed by atoms with van der Waals surface area (Å²) in [7, 11) is 0. The minimum Gasteiger partial charge on any atom is -0.464 e. The Kier molecular flexibility index (Phi) is 6.53. The van der Waals surface area contributed by atoms with Crippen molar-refractivity contribution in [1.29, 1.82) is 0 Å². The molecule has 2 saturated heterocycles. The lowest BCUT2D eigenvalue weighted by atomic mass is 10.1. The smallest absolute Gasteiger partial charge is 0.236 e. The first-order valence-corrected chi connectivity index (χ1v) is 12.8. The van der Waals surface area contributed by atoms with Gasteiger partial charge in [-0.25, -0.2) is 4.98 Å². The second-order valence-corrected chi connectivity index (χ2v) is 9.73. The van der Waals surface area contributed by atoms with Gasteiger partial charge in [0.05, 0.1) is 19.4 Å². The Hall–Kier alpha value is -3.49. The molecule has 0 N–H and O–H groups in total. The number of hydrogen-bond donors (Lipinski definition) is 0. The van der Waals surface area contributed by atoms with Crippen LogP contribution in [0.3, 0.4) is 0 Å². The zero-order valence-electron chi connectivity index (χ0n) is 20.4. The summed E-state index contributed by atoms with van der Waals surface area (Å²) in [5.74, 6) is 1.53. The predicted molar refractivity (Wildman–Crippen MR) is 139 cm³/mol. The summed E-state index contributed by atoms with van der Waals surface area (Å²) in [6.45, 7) is 7.68. The molecule has 2 fully saturated rings. The molecular weight excluding hydrogens is 454 g/mol. The van der Waals surface area contributed by atoms with Crippen LogP contribution in [0, 0.1) is 0 Å². The number of ether oxygens (including phenoxy) is 1. The van der Waals surface area contributed by atoms with Gasteiger partial charge in [-0.3, -0.25) is 19.6 Å². The number of carbonyl (C=O) groups excluding carboxylic acids is 1. The van der Waals surface area contributed by atoms with E-state index in [1.165, 1.54) is 5.56 Å². The zero-order chi connectivity index (χ0) is 24.3. The Morgan fingerprint density at radius 1 is 1.00 bits per heavy atom. The van der Waals surface area contributed by atoms with Gasteiger partial charge in [-0.1, -0.05) is 0 Å². The van der Waals surface area contributed by atoms with Gasteiger partial charge < -0.3 is 14.1 Å². The van der Waals surface area contributed by atoms with Gasteiger partial charge in [0.25, 0.3) is 0 Å². The van der Waals surface area contributed by atoms with Crippen molar-refractivity contribution in [2.24, 2.45) is 4.99 Å². The molecule has 3 aliphatic rings. The first-order chi connectivity index (χ1) is 17.7. The molecule has 1 amide bonds. The molecule has 1 aromatic carbocycles. The summed E-state index contributed by atoms with van der Waals surface area (Å²) in [6, 6.07) is 9.83. The van der Waals surface area contributed by atoms with Crippen LogP contribution in [0.2, 0.25) is 0 Å². The number of benzene rings is 1. The Morgan fingerprint density at radius 3 is 2.58 bits per heavy atom. The van der Waals surface area contributed by atoms with E-state index < -0.39 is 0 Å². The molecule has 0 aliphatic carbocycles. The number of nitrogens with zero attached hydrogens (tertiary/aromatic N) is 5. The number of fused-ring (bicyclic) bond motifs is 1. The fraction of sp³-hybridized carbons (Fsp3) is 0.393. The maximum atomic E-state index is 12.4. The van der Waals surface area contributed by atoms with E-state index in [0.29, 0.717) is 24.7 Å². The van der Waals surface area contributed by atoms with Crippen LogP contribution in [0.5, 0.6) is 11.6 Å². The monoisotopic (exact) mass is 485 g/mol. The third kappa shape index (κ3) is 5.05. The van der Waals surface area contributed by atoms with Gasteiger partial charge in [0, 0.05) is 81.3 Å². The van der Waals surface area contributed by atoms with Crippen molar-refractivity contribution in [2.75, 3.05) is 52.4 Å². The van der Waals surface area contributed by atoms with E-state index in [4.69, 9.17) is 9.15 Å². The number of carbonyl (C=O) groups is 1. The van der Waals surface area contributed by atoms with Gasteiger partial charge in [0.15, 0.2) is 0 Å². The van der Waals surface area contributed by atoms with Crippen LogP contribution in [-0.2, 0) is 11.3 Å². The normalized spacial score (nSPS) is 18.8. The number of rotatable bonds is 7. The lowest BCUT2D eigenvalue weighted by molar-refractivity contribution is -0.131. The van der Waals surface area contributed by atoms with Crippen LogP contribution in [0.25, 0.3) is 16.5 Å². The summed E-state index contributed by atoms with van der Waals surface area (Å²) >= 11 is 0. The van der Waals surface area contributed by atoms with Crippen molar-refractivity contribution in [1.82, 2.24) is 19.7 Å². The molecule has 8 nitrogen and oxygen atoms in total. The van der Waals surface area contributed by atoms with Crippen LogP contribution in [0.15, 0.2) is 58.3 Å². The lowest BCUT2D eigenvalue weighted by Gasteiger charge is -2.34. The molecule has 6 rings (SSSR count). The minimum absolute atomic E-state index is 0.284. The van der Waals surface area contributed by atoms with Crippen molar-refractivity contribution in [3.63, 3.8) is 0 Å². The molecule has 2 aromatic heterocycles. The highest BCUT2D eigenvalue weighted by Crippen LogP contribution is 2.29. The number of aromatic nitrogens is 1. The van der Waals surface area contributed by atoms with Crippen LogP contribution in [0.4, 0.5) is 0 Å². The Balaban J connectivity index is 1.03. The highest BCUT2D eigenvalue weighted by atomic mass is 16.5. The molecule has 0 radical (unpaired) electrons. The summed E-state index contributed by atoms with van der Waals surface area (Å²) in [6.07, 6.45) is 9.79. The standard InChI is InChI=1S/C28H31N5O3/c34-28(33-9-1-2-10-33)19-32-13-11-31(12-14-32)18-23-20-35-26-15-24(4-5-25(23)26)36-27-6-3-21(17-30-27)22-7-8-29-16-22/h3-8,15,17,20H,1-2,9-14,16,18-19H2. The molecule has 3 aliphatic heterocycles. The summed E-state index contributed by atoms with van der Waals surface area (Å²) in [5, 5.41) is 1.10. The van der Waals surface area contributed by atoms with E-state index in [9.17, 15) is 4.79 Å². The number of amides is 1. The van der Waals surface area contributed by atoms with Crippen molar-refractivity contribution >= 4 is 28.7 Å². The number of piperazine rings is 1. The second-order valence-electron chi connectivity index (χ2n) is 9.73. The van der Waals surface area contributed by atoms with E-state index in [1.54, 1.807) is 0 Å². The van der Waals surface area contributed by atoms with Crippen LogP contribution in [0.1, 0.15) is 24.0 Å². The molecule has 0 bridgehead atoms. The fourth-order valence-corrected chi connectivity index (χ4v) is 5.14. The van der Waals surface area contributed by atoms with E-state index >= 15 is 0 Å². The third-order valence-electron chi connectivity index (χ3n) is 7.28. The number of allylic oxidation sites excluding steroid dienone is 1. The Morgan fingerprint density at radius 2 is 1.83 bits per heavy atom. The molecule has 186 valence electrons. The average Bonchev–Trinajstić information content (AvgIpc) is 3.69. The molecule has 0 spiro atoms. The average molecular weight is 486 g/mol. The quantitative estimate of drug-likeness (QED) is 0.507. The van der Waals surface area contributed by atoms with Gasteiger partial charge in [0.1, 0.15) is 11.3 Å². The maximum Gasteiger partial charge on any atom is 0.236 e. The minimum atomic E-state index is 0.284. The SMILES string of the molecule is O=C(CN1CCN(Cc2coc3cc(Oc4ccc(C5=CC=NC5)cn4)ccc23)CC1)N1CCCC1. The summed E-state index contributed by atoms with van der Waals surface area (Å²) in [5.41, 5.74) is 4.20. The lowest BCUT2D eigenvalue weighted by Crippen LogP contribution is -2.49. The molecular formula is C28H31N5O3. The van der Waals surface area contributed by atoms with E-state index in [-0.39, 0.29) is 5.91 Å². The van der Waals surface area contributed by atoms with E-state index in [0.717, 1.165) is 80.8 Å². The number of pyridine rings is 1. The first kappa shape index (κ1) is 22.9. The number of furan rings is 1. The number of likely N-dealkylation sites (tertiary alicyclic amines) is 1. The molecule has 0 atom stereocenters. The largest absolute Gasteiger partial charge is 0.464 e.